The van der Waals surface area contributed by atoms with Crippen molar-refractivity contribution in [2.45, 2.75) is 40.2 Å². The molecule has 4 rings (SSSR count). The largest absolute Gasteiger partial charge is 0.479 e. The topological polar surface area (TPSA) is 81.9 Å². The van der Waals surface area contributed by atoms with Gasteiger partial charge in [-0.2, -0.15) is 0 Å². The van der Waals surface area contributed by atoms with E-state index in [0.29, 0.717) is 30.3 Å². The summed E-state index contributed by atoms with van der Waals surface area (Å²) in [4.78, 5) is 23.1. The number of rotatable bonds is 7. The summed E-state index contributed by atoms with van der Waals surface area (Å²) in [6.07, 6.45) is 0.962. The fourth-order valence-electron chi connectivity index (χ4n) is 4.01. The number of ether oxygens (including phenoxy) is 1. The molecule has 1 aromatic carbocycles. The Hall–Kier alpha value is -2.97. The van der Waals surface area contributed by atoms with Crippen molar-refractivity contribution in [2.24, 2.45) is 7.05 Å². The lowest BCUT2D eigenvalue weighted by Crippen LogP contribution is -2.23. The van der Waals surface area contributed by atoms with Crippen LogP contribution in [0.15, 0.2) is 24.3 Å². The quantitative estimate of drug-likeness (QED) is 0.403. The molecule has 0 aliphatic carbocycles. The van der Waals surface area contributed by atoms with Gasteiger partial charge >= 0.3 is 0 Å². The number of pyridine rings is 1. The van der Waals surface area contributed by atoms with Crippen LogP contribution >= 0.6 is 22.9 Å². The Bertz CT molecular complexity index is 1330. The number of hydrogen-bond donors (Lipinski definition) is 1. The third-order valence-electron chi connectivity index (χ3n) is 5.71. The van der Waals surface area contributed by atoms with E-state index >= 15 is 0 Å². The molecule has 0 unspecified atom stereocenters. The Kier molecular flexibility index (Phi) is 6.67. The summed E-state index contributed by atoms with van der Waals surface area (Å²) < 4.78 is 7.14. The van der Waals surface area contributed by atoms with Crippen LogP contribution in [0.1, 0.15) is 33.1 Å². The molecule has 0 aliphatic rings. The summed E-state index contributed by atoms with van der Waals surface area (Å²) >= 11 is 7.58. The van der Waals surface area contributed by atoms with E-state index in [9.17, 15) is 4.79 Å². The van der Waals surface area contributed by atoms with Crippen molar-refractivity contribution in [3.8, 4) is 17.1 Å². The molecule has 4 aromatic rings. The number of aromatic nitrogens is 4. The molecule has 0 saturated carbocycles. The van der Waals surface area contributed by atoms with Crippen LogP contribution in [0.5, 0.6) is 5.88 Å². The minimum absolute atomic E-state index is 0.0204. The molecule has 0 aliphatic heterocycles. The highest BCUT2D eigenvalue weighted by Crippen LogP contribution is 2.31. The SMILES string of the molecule is COc1nn(C)c2nc(C)c(CCC(=O)NCc3nc(-c4ccc(Cl)cc4)c(C)s3)c(C)c12. The molecular weight excluding hydrogens is 458 g/mol. The van der Waals surface area contributed by atoms with Gasteiger partial charge in [-0.05, 0) is 50.5 Å². The first-order valence-electron chi connectivity index (χ1n) is 10.6. The number of nitrogens with one attached hydrogen (secondary N) is 1. The van der Waals surface area contributed by atoms with Crippen LogP contribution in [-0.4, -0.2) is 32.8 Å². The Morgan fingerprint density at radius 1 is 1.18 bits per heavy atom. The molecule has 1 N–H and O–H groups in total. The molecule has 0 radical (unpaired) electrons. The van der Waals surface area contributed by atoms with E-state index < -0.39 is 0 Å². The summed E-state index contributed by atoms with van der Waals surface area (Å²) in [5.74, 6) is 0.534. The molecule has 0 saturated heterocycles. The van der Waals surface area contributed by atoms with E-state index in [1.54, 1.807) is 23.1 Å². The van der Waals surface area contributed by atoms with E-state index in [0.717, 1.165) is 49.0 Å². The first-order chi connectivity index (χ1) is 15.8. The second kappa shape index (κ2) is 9.49. The Morgan fingerprint density at radius 2 is 1.91 bits per heavy atom. The van der Waals surface area contributed by atoms with Crippen molar-refractivity contribution < 1.29 is 9.53 Å². The first kappa shape index (κ1) is 23.2. The number of carbonyl (C=O) groups excluding carboxylic acids is 1. The van der Waals surface area contributed by atoms with E-state index in [4.69, 9.17) is 26.3 Å². The van der Waals surface area contributed by atoms with Crippen LogP contribution in [-0.2, 0) is 24.8 Å². The Balaban J connectivity index is 1.42. The number of fused-ring (bicyclic) bond motifs is 1. The molecule has 0 atom stereocenters. The maximum Gasteiger partial charge on any atom is 0.242 e. The predicted molar refractivity (Wildman–Crippen MR) is 132 cm³/mol. The molecule has 3 aromatic heterocycles. The number of carbonyl (C=O) groups is 1. The average Bonchev–Trinajstić information content (AvgIpc) is 3.32. The molecule has 0 spiro atoms. The van der Waals surface area contributed by atoms with Crippen LogP contribution < -0.4 is 10.1 Å². The maximum atomic E-state index is 12.6. The normalized spacial score (nSPS) is 11.2. The zero-order chi connectivity index (χ0) is 23.7. The van der Waals surface area contributed by atoms with Crippen LogP contribution in [0.2, 0.25) is 5.02 Å². The lowest BCUT2D eigenvalue weighted by Gasteiger charge is -2.11. The van der Waals surface area contributed by atoms with Gasteiger partial charge in [0.05, 0.1) is 24.7 Å². The van der Waals surface area contributed by atoms with Gasteiger partial charge < -0.3 is 10.1 Å². The van der Waals surface area contributed by atoms with Crippen molar-refractivity contribution >= 4 is 39.9 Å². The maximum absolute atomic E-state index is 12.6. The monoisotopic (exact) mass is 483 g/mol. The molecule has 3 heterocycles. The summed E-state index contributed by atoms with van der Waals surface area (Å²) in [6.45, 7) is 6.44. The number of hydrogen-bond acceptors (Lipinski definition) is 6. The first-order valence-corrected chi connectivity index (χ1v) is 11.8. The van der Waals surface area contributed by atoms with Gasteiger partial charge in [-0.3, -0.25) is 4.79 Å². The van der Waals surface area contributed by atoms with E-state index in [1.807, 2.05) is 52.1 Å². The third-order valence-corrected chi connectivity index (χ3v) is 6.94. The number of nitrogens with zero attached hydrogens (tertiary/aromatic N) is 4. The van der Waals surface area contributed by atoms with Crippen molar-refractivity contribution in [3.63, 3.8) is 0 Å². The Morgan fingerprint density at radius 3 is 2.61 bits per heavy atom. The van der Waals surface area contributed by atoms with E-state index in [-0.39, 0.29) is 5.91 Å². The Labute approximate surface area is 201 Å². The lowest BCUT2D eigenvalue weighted by atomic mass is 10.00. The highest BCUT2D eigenvalue weighted by Gasteiger charge is 2.18. The van der Waals surface area contributed by atoms with Crippen LogP contribution in [0.25, 0.3) is 22.3 Å². The number of thiazole rings is 1. The molecule has 7 nitrogen and oxygen atoms in total. The smallest absolute Gasteiger partial charge is 0.242 e. The summed E-state index contributed by atoms with van der Waals surface area (Å²) in [6, 6.07) is 7.63. The van der Waals surface area contributed by atoms with Crippen molar-refractivity contribution in [1.82, 2.24) is 25.1 Å². The van der Waals surface area contributed by atoms with Gasteiger partial charge in [0.2, 0.25) is 11.8 Å². The second-order valence-corrected chi connectivity index (χ2v) is 9.65. The summed E-state index contributed by atoms with van der Waals surface area (Å²) in [7, 11) is 3.45. The lowest BCUT2D eigenvalue weighted by molar-refractivity contribution is -0.121. The fraction of sp³-hybridized carbons (Fsp3) is 0.333. The third kappa shape index (κ3) is 4.72. The number of aryl methyl sites for hydroxylation is 4. The number of halogens is 1. The molecule has 1 amide bonds. The molecular formula is C24H26ClN5O2S. The van der Waals surface area contributed by atoms with Crippen molar-refractivity contribution in [1.29, 1.82) is 0 Å². The zero-order valence-electron chi connectivity index (χ0n) is 19.3. The molecule has 0 fully saturated rings. The number of methoxy groups -OCH3 is 1. The second-order valence-electron chi connectivity index (χ2n) is 7.93. The van der Waals surface area contributed by atoms with Crippen LogP contribution in [0.4, 0.5) is 0 Å². The predicted octanol–water partition coefficient (Wildman–Crippen LogP) is 4.93. The average molecular weight is 484 g/mol. The standard InChI is InChI=1S/C24H26ClN5O2S/c1-13-18(14(2)27-23-21(13)24(32-5)29-30(23)4)10-11-19(31)26-12-20-28-22(15(3)33-20)16-6-8-17(25)9-7-16/h6-9H,10-12H2,1-5H3,(H,26,31). The van der Waals surface area contributed by atoms with Crippen LogP contribution in [0.3, 0.4) is 0 Å². The van der Waals surface area contributed by atoms with Gasteiger partial charge in [0.1, 0.15) is 5.01 Å². The number of benzene rings is 1. The minimum atomic E-state index is -0.0204. The van der Waals surface area contributed by atoms with Crippen molar-refractivity contribution in [2.75, 3.05) is 7.11 Å². The summed E-state index contributed by atoms with van der Waals surface area (Å²) in [5.41, 5.74) is 5.74. The van der Waals surface area contributed by atoms with Gasteiger partial charge in [-0.15, -0.1) is 16.4 Å². The van der Waals surface area contributed by atoms with Gasteiger partial charge in [-0.25, -0.2) is 14.6 Å². The number of amides is 1. The van der Waals surface area contributed by atoms with Gasteiger partial charge in [0, 0.05) is 34.6 Å². The van der Waals surface area contributed by atoms with Crippen LogP contribution in [0, 0.1) is 20.8 Å². The van der Waals surface area contributed by atoms with Gasteiger partial charge in [-0.1, -0.05) is 23.7 Å². The van der Waals surface area contributed by atoms with Crippen molar-refractivity contribution in [3.05, 3.63) is 56.0 Å². The zero-order valence-corrected chi connectivity index (χ0v) is 20.9. The molecule has 0 bridgehead atoms. The van der Waals surface area contributed by atoms with Gasteiger partial charge in [0.25, 0.3) is 0 Å². The van der Waals surface area contributed by atoms with E-state index in [2.05, 4.69) is 10.4 Å². The van der Waals surface area contributed by atoms with Gasteiger partial charge in [0.15, 0.2) is 5.65 Å². The summed E-state index contributed by atoms with van der Waals surface area (Å²) in [5, 5.41) is 9.85. The highest BCUT2D eigenvalue weighted by molar-refractivity contribution is 7.12. The van der Waals surface area contributed by atoms with E-state index in [1.165, 1.54) is 0 Å². The fourth-order valence-corrected chi connectivity index (χ4v) is 5.03. The molecule has 33 heavy (non-hydrogen) atoms. The minimum Gasteiger partial charge on any atom is -0.479 e. The highest BCUT2D eigenvalue weighted by atomic mass is 35.5. The molecule has 9 heteroatoms. The molecule has 172 valence electrons.